The summed E-state index contributed by atoms with van der Waals surface area (Å²) < 4.78 is 5.31. The van der Waals surface area contributed by atoms with Gasteiger partial charge >= 0.3 is 0 Å². The Labute approximate surface area is 142 Å². The Balaban J connectivity index is 0.00000192. The van der Waals surface area contributed by atoms with Crippen LogP contribution in [0.1, 0.15) is 12.0 Å². The van der Waals surface area contributed by atoms with Crippen LogP contribution in [-0.2, 0) is 20.7 Å². The highest BCUT2D eigenvalue weighted by Crippen LogP contribution is 2.27. The summed E-state index contributed by atoms with van der Waals surface area (Å²) in [6.07, 6.45) is 1.21. The van der Waals surface area contributed by atoms with Crippen molar-refractivity contribution in [2.24, 2.45) is 0 Å². The largest absolute Gasteiger partial charge is 0.378 e. The number of benzene rings is 1. The summed E-state index contributed by atoms with van der Waals surface area (Å²) in [6, 6.07) is 7.93. The van der Waals surface area contributed by atoms with Crippen LogP contribution in [0.15, 0.2) is 24.3 Å². The summed E-state index contributed by atoms with van der Waals surface area (Å²) in [4.78, 5) is 25.9. The van der Waals surface area contributed by atoms with Gasteiger partial charge in [-0.15, -0.1) is 12.4 Å². The van der Waals surface area contributed by atoms with E-state index in [2.05, 4.69) is 10.6 Å². The standard InChI is InChI=1S/C16H21N3O3.ClH/c20-15(9-13-11-22-8-6-17-13)18-10-16(21)19-7-5-12-3-1-2-4-14(12)19;/h1-4,13,17H,5-11H2,(H,18,20);1H. The molecular weight excluding hydrogens is 318 g/mol. The van der Waals surface area contributed by atoms with Crippen LogP contribution in [0.5, 0.6) is 0 Å². The molecule has 1 aromatic carbocycles. The maximum Gasteiger partial charge on any atom is 0.246 e. The summed E-state index contributed by atoms with van der Waals surface area (Å²) in [5.74, 6) is -0.185. The predicted octanol–water partition coefficient (Wildman–Crippen LogP) is 0.492. The van der Waals surface area contributed by atoms with Gasteiger partial charge in [-0.2, -0.15) is 0 Å². The highest BCUT2D eigenvalue weighted by Gasteiger charge is 2.24. The topological polar surface area (TPSA) is 70.7 Å². The summed E-state index contributed by atoms with van der Waals surface area (Å²) >= 11 is 0. The van der Waals surface area contributed by atoms with Gasteiger partial charge in [0.1, 0.15) is 0 Å². The van der Waals surface area contributed by atoms with Gasteiger partial charge < -0.3 is 20.3 Å². The van der Waals surface area contributed by atoms with E-state index in [0.717, 1.165) is 18.7 Å². The van der Waals surface area contributed by atoms with Gasteiger partial charge in [0.2, 0.25) is 11.8 Å². The first-order valence-electron chi connectivity index (χ1n) is 7.70. The Morgan fingerprint density at radius 1 is 1.35 bits per heavy atom. The molecule has 1 atom stereocenters. The average Bonchev–Trinajstić information content (AvgIpc) is 2.98. The number of hydrogen-bond acceptors (Lipinski definition) is 4. The van der Waals surface area contributed by atoms with E-state index in [9.17, 15) is 9.59 Å². The number of halogens is 1. The maximum absolute atomic E-state index is 12.3. The van der Waals surface area contributed by atoms with Crippen LogP contribution in [-0.4, -0.2) is 50.7 Å². The molecule has 7 heteroatoms. The fraction of sp³-hybridized carbons (Fsp3) is 0.500. The lowest BCUT2D eigenvalue weighted by atomic mass is 10.2. The molecule has 0 spiro atoms. The van der Waals surface area contributed by atoms with Crippen molar-refractivity contribution in [2.45, 2.75) is 18.9 Å². The van der Waals surface area contributed by atoms with E-state index in [1.165, 1.54) is 5.56 Å². The minimum absolute atomic E-state index is 0. The quantitative estimate of drug-likeness (QED) is 0.837. The number of morpholine rings is 1. The number of nitrogens with one attached hydrogen (secondary N) is 2. The van der Waals surface area contributed by atoms with Crippen molar-refractivity contribution in [1.82, 2.24) is 10.6 Å². The molecule has 126 valence electrons. The number of fused-ring (bicyclic) bond motifs is 1. The second-order valence-corrected chi connectivity index (χ2v) is 5.63. The van der Waals surface area contributed by atoms with Crippen molar-refractivity contribution in [1.29, 1.82) is 0 Å². The fourth-order valence-corrected chi connectivity index (χ4v) is 2.91. The van der Waals surface area contributed by atoms with Crippen molar-refractivity contribution in [3.8, 4) is 0 Å². The number of ether oxygens (including phenoxy) is 1. The van der Waals surface area contributed by atoms with E-state index in [0.29, 0.717) is 26.2 Å². The molecule has 2 amide bonds. The molecule has 2 aliphatic heterocycles. The normalized spacial score (nSPS) is 19.7. The number of hydrogen-bond donors (Lipinski definition) is 2. The Kier molecular flexibility index (Phi) is 6.38. The van der Waals surface area contributed by atoms with E-state index in [-0.39, 0.29) is 36.8 Å². The summed E-state index contributed by atoms with van der Waals surface area (Å²) in [7, 11) is 0. The third-order valence-electron chi connectivity index (χ3n) is 4.06. The SMILES string of the molecule is Cl.O=C(CC1COCCN1)NCC(=O)N1CCc2ccccc21. The molecule has 1 fully saturated rings. The Hall–Kier alpha value is -1.63. The molecule has 0 aromatic heterocycles. The molecule has 3 rings (SSSR count). The van der Waals surface area contributed by atoms with Crippen LogP contribution in [0.4, 0.5) is 5.69 Å². The van der Waals surface area contributed by atoms with Gasteiger partial charge in [-0.05, 0) is 18.1 Å². The first-order chi connectivity index (χ1) is 10.7. The Bertz CT molecular complexity index is 561. The maximum atomic E-state index is 12.3. The van der Waals surface area contributed by atoms with E-state index >= 15 is 0 Å². The number of rotatable bonds is 4. The number of para-hydroxylation sites is 1. The summed E-state index contributed by atoms with van der Waals surface area (Å²) in [6.45, 7) is 2.72. The molecule has 0 bridgehead atoms. The van der Waals surface area contributed by atoms with Gasteiger partial charge in [0.15, 0.2) is 0 Å². The smallest absolute Gasteiger partial charge is 0.246 e. The number of anilines is 1. The van der Waals surface area contributed by atoms with Crippen LogP contribution in [0.2, 0.25) is 0 Å². The molecule has 0 saturated carbocycles. The predicted molar refractivity (Wildman–Crippen MR) is 90.0 cm³/mol. The van der Waals surface area contributed by atoms with E-state index < -0.39 is 0 Å². The van der Waals surface area contributed by atoms with Crippen molar-refractivity contribution < 1.29 is 14.3 Å². The average molecular weight is 340 g/mol. The van der Waals surface area contributed by atoms with Crippen LogP contribution < -0.4 is 15.5 Å². The van der Waals surface area contributed by atoms with Crippen LogP contribution in [0, 0.1) is 0 Å². The molecule has 2 heterocycles. The molecule has 2 N–H and O–H groups in total. The van der Waals surface area contributed by atoms with E-state index in [1.54, 1.807) is 4.90 Å². The highest BCUT2D eigenvalue weighted by atomic mass is 35.5. The Morgan fingerprint density at radius 3 is 2.96 bits per heavy atom. The minimum atomic E-state index is -0.121. The minimum Gasteiger partial charge on any atom is -0.378 e. The van der Waals surface area contributed by atoms with Crippen molar-refractivity contribution in [3.05, 3.63) is 29.8 Å². The lowest BCUT2D eigenvalue weighted by Crippen LogP contribution is -2.46. The molecule has 1 saturated heterocycles. The zero-order valence-corrected chi connectivity index (χ0v) is 13.7. The van der Waals surface area contributed by atoms with Gasteiger partial charge in [0, 0.05) is 31.2 Å². The van der Waals surface area contributed by atoms with Crippen LogP contribution in [0.3, 0.4) is 0 Å². The van der Waals surface area contributed by atoms with Crippen molar-refractivity contribution in [3.63, 3.8) is 0 Å². The first kappa shape index (κ1) is 17.7. The highest BCUT2D eigenvalue weighted by molar-refractivity contribution is 5.98. The number of amides is 2. The van der Waals surface area contributed by atoms with Gasteiger partial charge in [-0.3, -0.25) is 9.59 Å². The number of carbonyl (C=O) groups is 2. The first-order valence-corrected chi connectivity index (χ1v) is 7.70. The molecule has 23 heavy (non-hydrogen) atoms. The molecule has 0 radical (unpaired) electrons. The lowest BCUT2D eigenvalue weighted by Gasteiger charge is -2.23. The molecule has 0 aliphatic carbocycles. The summed E-state index contributed by atoms with van der Waals surface area (Å²) in [5.41, 5.74) is 2.15. The van der Waals surface area contributed by atoms with Crippen molar-refractivity contribution >= 4 is 29.9 Å². The van der Waals surface area contributed by atoms with E-state index in [1.807, 2.05) is 24.3 Å². The monoisotopic (exact) mass is 339 g/mol. The van der Waals surface area contributed by atoms with Crippen molar-refractivity contribution in [2.75, 3.05) is 37.7 Å². The molecule has 1 aromatic rings. The van der Waals surface area contributed by atoms with Gasteiger partial charge in [0.25, 0.3) is 0 Å². The van der Waals surface area contributed by atoms with E-state index in [4.69, 9.17) is 4.74 Å². The Morgan fingerprint density at radius 2 is 2.17 bits per heavy atom. The van der Waals surface area contributed by atoms with Crippen LogP contribution in [0.25, 0.3) is 0 Å². The summed E-state index contributed by atoms with van der Waals surface area (Å²) in [5, 5.41) is 5.94. The number of carbonyl (C=O) groups excluding carboxylic acids is 2. The van der Waals surface area contributed by atoms with Gasteiger partial charge in [-0.25, -0.2) is 0 Å². The second kappa shape index (κ2) is 8.29. The fourth-order valence-electron chi connectivity index (χ4n) is 2.91. The lowest BCUT2D eigenvalue weighted by molar-refractivity contribution is -0.125. The van der Waals surface area contributed by atoms with Gasteiger partial charge in [-0.1, -0.05) is 18.2 Å². The molecule has 6 nitrogen and oxygen atoms in total. The third kappa shape index (κ3) is 4.43. The molecule has 2 aliphatic rings. The third-order valence-corrected chi connectivity index (χ3v) is 4.06. The molecular formula is C16H22ClN3O3. The molecule has 1 unspecified atom stereocenters. The van der Waals surface area contributed by atoms with Crippen LogP contribution >= 0.6 is 12.4 Å². The second-order valence-electron chi connectivity index (χ2n) is 5.63. The van der Waals surface area contributed by atoms with Gasteiger partial charge in [0.05, 0.1) is 19.8 Å². The zero-order chi connectivity index (χ0) is 15.4. The number of nitrogens with zero attached hydrogens (tertiary/aromatic N) is 1. The zero-order valence-electron chi connectivity index (χ0n) is 12.9.